The van der Waals surface area contributed by atoms with Gasteiger partial charge in [-0.1, -0.05) is 111 Å². The average molecular weight is 621 g/mol. The fourth-order valence-electron chi connectivity index (χ4n) is 9.26. The van der Waals surface area contributed by atoms with Crippen LogP contribution in [0.2, 0.25) is 0 Å². The molecule has 9 rings (SSSR count). The van der Waals surface area contributed by atoms with Crippen LogP contribution in [0.25, 0.3) is 33.9 Å². The van der Waals surface area contributed by atoms with Gasteiger partial charge in [0.15, 0.2) is 5.82 Å². The van der Waals surface area contributed by atoms with Crippen LogP contribution in [-0.2, 0) is 5.41 Å². The van der Waals surface area contributed by atoms with Crippen LogP contribution in [0.15, 0.2) is 133 Å². The van der Waals surface area contributed by atoms with Gasteiger partial charge in [-0.2, -0.15) is 5.26 Å². The Morgan fingerprint density at radius 3 is 2.15 bits per heavy atom. The first-order valence-corrected chi connectivity index (χ1v) is 17.0. The normalized spacial score (nSPS) is 21.5. The summed E-state index contributed by atoms with van der Waals surface area (Å²) in [6.45, 7) is 4.95. The van der Waals surface area contributed by atoms with E-state index >= 15 is 0 Å². The van der Waals surface area contributed by atoms with Gasteiger partial charge >= 0.3 is 0 Å². The van der Waals surface area contributed by atoms with Gasteiger partial charge < -0.3 is 4.90 Å². The van der Waals surface area contributed by atoms with Crippen LogP contribution in [-0.4, -0.2) is 16.0 Å². The van der Waals surface area contributed by atoms with Gasteiger partial charge in [0.25, 0.3) is 0 Å². The van der Waals surface area contributed by atoms with Crippen molar-refractivity contribution in [2.75, 3.05) is 4.90 Å². The molecule has 4 unspecified atom stereocenters. The second-order valence-electron chi connectivity index (χ2n) is 14.1. The molecule has 3 aliphatic rings. The fraction of sp³-hybridized carbons (Fsp3) is 0.205. The quantitative estimate of drug-likeness (QED) is 0.197. The highest BCUT2D eigenvalue weighted by Crippen LogP contribution is 2.64. The van der Waals surface area contributed by atoms with Crippen LogP contribution < -0.4 is 4.90 Å². The highest BCUT2D eigenvalue weighted by molar-refractivity contribution is 5.78. The maximum atomic E-state index is 9.61. The zero-order chi connectivity index (χ0) is 32.4. The third-order valence-corrected chi connectivity index (χ3v) is 11.2. The van der Waals surface area contributed by atoms with Crippen LogP contribution in [0, 0.1) is 17.2 Å². The van der Waals surface area contributed by atoms with Crippen LogP contribution in [0.1, 0.15) is 60.8 Å². The molecule has 0 spiro atoms. The first-order chi connectivity index (χ1) is 23.5. The standard InChI is InChI=1S/C44H36N4/c1-44(2)37-20-8-6-18-33(37)35-22-23-36-34-19-7-9-21-40(34)48(42(36)41(35)44)32-17-11-16-31(25-32)43-46-38(29-13-4-3-5-14-29)26-39(47-43)30-15-10-12-28(24-30)27-45/h3-21,24-26,35-36,41-42H,22-23H2,1-2H3. The number of fused-ring (bicyclic) bond motifs is 7. The third-order valence-electron chi connectivity index (χ3n) is 11.2. The molecule has 0 amide bonds. The van der Waals surface area contributed by atoms with Gasteiger partial charge in [0.05, 0.1) is 23.0 Å². The summed E-state index contributed by atoms with van der Waals surface area (Å²) in [4.78, 5) is 12.9. The molecule has 232 valence electrons. The van der Waals surface area contributed by atoms with Gasteiger partial charge in [-0.25, -0.2) is 9.97 Å². The molecule has 1 aliphatic heterocycles. The van der Waals surface area contributed by atoms with E-state index in [2.05, 4.69) is 110 Å². The molecule has 4 heteroatoms. The third kappa shape index (κ3) is 4.42. The molecule has 2 aliphatic carbocycles. The molecular weight excluding hydrogens is 585 g/mol. The van der Waals surface area contributed by atoms with Gasteiger partial charge in [0, 0.05) is 40.0 Å². The Morgan fingerprint density at radius 1 is 0.646 bits per heavy atom. The van der Waals surface area contributed by atoms with Crippen molar-refractivity contribution in [3.8, 4) is 40.0 Å². The number of nitrogens with zero attached hydrogens (tertiary/aromatic N) is 4. The van der Waals surface area contributed by atoms with E-state index in [4.69, 9.17) is 9.97 Å². The lowest BCUT2D eigenvalue weighted by Gasteiger charge is -2.47. The number of para-hydroxylation sites is 1. The summed E-state index contributed by atoms with van der Waals surface area (Å²) < 4.78 is 0. The Balaban J connectivity index is 1.19. The van der Waals surface area contributed by atoms with Crippen molar-refractivity contribution in [2.45, 2.75) is 50.0 Å². The van der Waals surface area contributed by atoms with Crippen molar-refractivity contribution in [1.29, 1.82) is 5.26 Å². The minimum absolute atomic E-state index is 0.0580. The molecule has 6 aromatic rings. The smallest absolute Gasteiger partial charge is 0.160 e. The number of benzene rings is 5. The van der Waals surface area contributed by atoms with Crippen LogP contribution in [0.3, 0.4) is 0 Å². The van der Waals surface area contributed by atoms with E-state index in [-0.39, 0.29) is 5.41 Å². The molecule has 2 heterocycles. The molecule has 4 nitrogen and oxygen atoms in total. The van der Waals surface area contributed by atoms with E-state index in [0.717, 1.165) is 28.1 Å². The summed E-state index contributed by atoms with van der Waals surface area (Å²) in [5.74, 6) is 2.20. The van der Waals surface area contributed by atoms with Gasteiger partial charge in [0.2, 0.25) is 0 Å². The number of anilines is 2. The van der Waals surface area contributed by atoms with E-state index < -0.39 is 0 Å². The lowest BCUT2D eigenvalue weighted by molar-refractivity contribution is 0.186. The summed E-state index contributed by atoms with van der Waals surface area (Å²) in [7, 11) is 0. The molecule has 0 saturated heterocycles. The zero-order valence-corrected chi connectivity index (χ0v) is 27.2. The van der Waals surface area contributed by atoms with Crippen molar-refractivity contribution in [1.82, 2.24) is 9.97 Å². The largest absolute Gasteiger partial charge is 0.337 e. The van der Waals surface area contributed by atoms with E-state index in [0.29, 0.717) is 35.2 Å². The predicted octanol–water partition coefficient (Wildman–Crippen LogP) is 10.4. The molecule has 5 aromatic carbocycles. The summed E-state index contributed by atoms with van der Waals surface area (Å²) >= 11 is 0. The Labute approximate surface area is 282 Å². The molecule has 1 aromatic heterocycles. The predicted molar refractivity (Wildman–Crippen MR) is 193 cm³/mol. The Morgan fingerprint density at radius 2 is 1.31 bits per heavy atom. The van der Waals surface area contributed by atoms with Gasteiger partial charge in [0.1, 0.15) is 0 Å². The zero-order valence-electron chi connectivity index (χ0n) is 27.2. The van der Waals surface area contributed by atoms with Crippen molar-refractivity contribution >= 4 is 11.4 Å². The number of nitriles is 1. The molecule has 4 atom stereocenters. The lowest BCUT2D eigenvalue weighted by atomic mass is 9.63. The molecule has 1 fully saturated rings. The van der Waals surface area contributed by atoms with Crippen molar-refractivity contribution < 1.29 is 0 Å². The Kier molecular flexibility index (Phi) is 6.59. The minimum Gasteiger partial charge on any atom is -0.337 e. The molecular formula is C44H36N4. The summed E-state index contributed by atoms with van der Waals surface area (Å²) in [6.07, 6.45) is 2.42. The highest BCUT2D eigenvalue weighted by Gasteiger charge is 2.58. The molecule has 0 bridgehead atoms. The molecule has 1 saturated carbocycles. The van der Waals surface area contributed by atoms with E-state index in [9.17, 15) is 5.26 Å². The number of rotatable bonds is 4. The lowest BCUT2D eigenvalue weighted by Crippen LogP contribution is -2.47. The maximum Gasteiger partial charge on any atom is 0.160 e. The number of hydrogen-bond donors (Lipinski definition) is 0. The Bertz CT molecular complexity index is 2230. The van der Waals surface area contributed by atoms with Crippen molar-refractivity contribution in [3.63, 3.8) is 0 Å². The Hall–Kier alpha value is -5.53. The van der Waals surface area contributed by atoms with E-state index in [1.165, 1.54) is 35.3 Å². The minimum atomic E-state index is 0.0580. The summed E-state index contributed by atoms with van der Waals surface area (Å²) in [5, 5.41) is 9.61. The van der Waals surface area contributed by atoms with E-state index in [1.807, 2.05) is 48.5 Å². The number of hydrogen-bond acceptors (Lipinski definition) is 4. The van der Waals surface area contributed by atoms with Crippen LogP contribution >= 0.6 is 0 Å². The molecule has 0 N–H and O–H groups in total. The monoisotopic (exact) mass is 620 g/mol. The van der Waals surface area contributed by atoms with Crippen LogP contribution in [0.5, 0.6) is 0 Å². The van der Waals surface area contributed by atoms with Gasteiger partial charge in [-0.3, -0.25) is 0 Å². The van der Waals surface area contributed by atoms with Gasteiger partial charge in [-0.05, 0) is 83.2 Å². The molecule has 0 radical (unpaired) electrons. The summed E-state index contributed by atoms with van der Waals surface area (Å²) in [6, 6.07) is 49.7. The SMILES string of the molecule is CC1(C)c2ccccc2C2CCC3c4ccccc4N(c4cccc(-c5nc(-c6ccccc6)cc(-c6cccc(C#N)c6)n5)c4)C3C21. The first-order valence-electron chi connectivity index (χ1n) is 17.0. The van der Waals surface area contributed by atoms with E-state index in [1.54, 1.807) is 5.56 Å². The van der Waals surface area contributed by atoms with Crippen molar-refractivity contribution in [3.05, 3.63) is 156 Å². The average Bonchev–Trinajstić information content (AvgIpc) is 3.60. The summed E-state index contributed by atoms with van der Waals surface area (Å²) in [5.41, 5.74) is 12.3. The number of aromatic nitrogens is 2. The second kappa shape index (κ2) is 11.0. The van der Waals surface area contributed by atoms with Crippen LogP contribution in [0.4, 0.5) is 11.4 Å². The second-order valence-corrected chi connectivity index (χ2v) is 14.1. The highest BCUT2D eigenvalue weighted by atomic mass is 15.2. The molecule has 48 heavy (non-hydrogen) atoms. The maximum absolute atomic E-state index is 9.61. The van der Waals surface area contributed by atoms with Crippen molar-refractivity contribution in [2.24, 2.45) is 5.92 Å². The first kappa shape index (κ1) is 28.7. The fourth-order valence-corrected chi connectivity index (χ4v) is 9.26. The topological polar surface area (TPSA) is 52.8 Å². The van der Waals surface area contributed by atoms with Gasteiger partial charge in [-0.15, -0.1) is 0 Å².